The lowest BCUT2D eigenvalue weighted by molar-refractivity contribution is -0.143. The molecule has 3 amide bonds. The minimum Gasteiger partial charge on any atom is -0.481 e. The summed E-state index contributed by atoms with van der Waals surface area (Å²) in [5, 5.41) is 15.4. The van der Waals surface area contributed by atoms with Crippen molar-refractivity contribution in [1.29, 1.82) is 0 Å². The second-order valence-electron chi connectivity index (χ2n) is 9.06. The lowest BCUT2D eigenvalue weighted by Crippen LogP contribution is -2.53. The van der Waals surface area contributed by atoms with Crippen LogP contribution in [-0.2, 0) is 31.1 Å². The van der Waals surface area contributed by atoms with Gasteiger partial charge >= 0.3 is 5.97 Å². The zero-order valence-electron chi connectivity index (χ0n) is 18.2. The number of hydrogen-bond donors (Lipinski definition) is 3. The molecule has 0 radical (unpaired) electrons. The first-order chi connectivity index (χ1) is 15.8. The topological polar surface area (TPSA) is 116 Å². The number of anilines is 1. The molecule has 0 unspecified atom stereocenters. The van der Waals surface area contributed by atoms with Crippen molar-refractivity contribution in [3.05, 3.63) is 65.2 Å². The van der Waals surface area contributed by atoms with Crippen LogP contribution in [0.4, 0.5) is 5.69 Å². The van der Waals surface area contributed by atoms with Gasteiger partial charge in [-0.05, 0) is 31.4 Å². The van der Waals surface area contributed by atoms with Crippen molar-refractivity contribution >= 4 is 29.4 Å². The first-order valence-corrected chi connectivity index (χ1v) is 11.1. The fourth-order valence-electron chi connectivity index (χ4n) is 5.61. The summed E-state index contributed by atoms with van der Waals surface area (Å²) in [5.41, 5.74) is 1.80. The quantitative estimate of drug-likeness (QED) is 0.582. The highest BCUT2D eigenvalue weighted by molar-refractivity contribution is 6.15. The largest absolute Gasteiger partial charge is 0.481 e. The summed E-state index contributed by atoms with van der Waals surface area (Å²) in [4.78, 5) is 53.0. The number of nitrogens with zero attached hydrogens (tertiary/aromatic N) is 1. The Labute approximate surface area is 191 Å². The van der Waals surface area contributed by atoms with Crippen LogP contribution in [0.2, 0.25) is 0 Å². The Morgan fingerprint density at radius 3 is 2.58 bits per heavy atom. The predicted octanol–water partition coefficient (Wildman–Crippen LogP) is 1.82. The van der Waals surface area contributed by atoms with Crippen molar-refractivity contribution < 1.29 is 24.3 Å². The first-order valence-electron chi connectivity index (χ1n) is 11.1. The molecule has 3 N–H and O–H groups in total. The van der Waals surface area contributed by atoms with Gasteiger partial charge < -0.3 is 10.4 Å². The van der Waals surface area contributed by atoms with Gasteiger partial charge in [0.15, 0.2) is 0 Å². The molecule has 3 aliphatic heterocycles. The van der Waals surface area contributed by atoms with Gasteiger partial charge in [0.2, 0.25) is 17.7 Å². The zero-order valence-corrected chi connectivity index (χ0v) is 18.2. The number of carbonyl (C=O) groups excluding carboxylic acids is 3. The highest BCUT2D eigenvalue weighted by Crippen LogP contribution is 2.53. The van der Waals surface area contributed by atoms with E-state index >= 15 is 0 Å². The number of carboxylic acids is 1. The van der Waals surface area contributed by atoms with Crippen LogP contribution >= 0.6 is 0 Å². The molecule has 5 rings (SSSR count). The molecule has 170 valence electrons. The van der Waals surface area contributed by atoms with Crippen molar-refractivity contribution in [3.63, 3.8) is 0 Å². The van der Waals surface area contributed by atoms with Crippen LogP contribution in [0.25, 0.3) is 0 Å². The van der Waals surface area contributed by atoms with Gasteiger partial charge in [0.25, 0.3) is 0 Å². The number of likely N-dealkylation sites (tertiary alicyclic amines) is 1. The third-order valence-corrected chi connectivity index (χ3v) is 7.10. The molecule has 2 aromatic rings. The Balaban J connectivity index is 1.53. The third kappa shape index (κ3) is 3.24. The van der Waals surface area contributed by atoms with Crippen LogP contribution < -0.4 is 10.6 Å². The molecule has 4 atom stereocenters. The van der Waals surface area contributed by atoms with Gasteiger partial charge in [-0.1, -0.05) is 48.0 Å². The number of amides is 3. The van der Waals surface area contributed by atoms with E-state index in [0.29, 0.717) is 17.7 Å². The molecule has 0 aromatic heterocycles. The van der Waals surface area contributed by atoms with Crippen LogP contribution in [0.3, 0.4) is 0 Å². The van der Waals surface area contributed by atoms with Gasteiger partial charge in [-0.2, -0.15) is 0 Å². The van der Waals surface area contributed by atoms with E-state index in [4.69, 9.17) is 0 Å². The van der Waals surface area contributed by atoms with E-state index in [2.05, 4.69) is 10.6 Å². The number of rotatable bonds is 6. The van der Waals surface area contributed by atoms with Crippen LogP contribution in [0.5, 0.6) is 0 Å². The Morgan fingerprint density at radius 2 is 1.85 bits per heavy atom. The standard InChI is InChI=1S/C25H25N3O5/c1-14-7-8-17-16(13-14)25(24(33)26-17)21-20(18(27-25)9-10-19(29)30)22(31)28(23(21)32)12-11-15-5-3-2-4-6-15/h2-8,13,18,20-21,27H,9-12H2,1H3,(H,26,33)(H,29,30)/t18-,20-,21-,25-/m1/s1. The maximum absolute atomic E-state index is 13.7. The van der Waals surface area contributed by atoms with Crippen molar-refractivity contribution in [2.45, 2.75) is 37.8 Å². The molecule has 8 nitrogen and oxygen atoms in total. The molecule has 8 heteroatoms. The maximum atomic E-state index is 13.7. The van der Waals surface area contributed by atoms with Gasteiger partial charge in [0, 0.05) is 30.3 Å². The molecule has 0 aliphatic carbocycles. The number of imide groups is 1. The average molecular weight is 447 g/mol. The summed E-state index contributed by atoms with van der Waals surface area (Å²) in [5.74, 6) is -3.78. The van der Waals surface area contributed by atoms with Crippen LogP contribution in [0, 0.1) is 18.8 Å². The number of carboxylic acid groups (broad SMARTS) is 1. The molecular weight excluding hydrogens is 422 g/mol. The van der Waals surface area contributed by atoms with Gasteiger partial charge in [-0.25, -0.2) is 0 Å². The van der Waals surface area contributed by atoms with Gasteiger partial charge in [-0.3, -0.25) is 29.4 Å². The Morgan fingerprint density at radius 1 is 1.09 bits per heavy atom. The van der Waals surface area contributed by atoms with E-state index in [-0.39, 0.29) is 37.1 Å². The molecule has 2 saturated heterocycles. The predicted molar refractivity (Wildman–Crippen MR) is 119 cm³/mol. The second kappa shape index (κ2) is 7.81. The number of carbonyl (C=O) groups is 4. The minimum absolute atomic E-state index is 0.151. The number of aryl methyl sites for hydroxylation is 1. The summed E-state index contributed by atoms with van der Waals surface area (Å²) in [7, 11) is 0. The molecule has 2 aromatic carbocycles. The Hall–Kier alpha value is -3.52. The van der Waals surface area contributed by atoms with E-state index in [1.54, 1.807) is 6.07 Å². The van der Waals surface area contributed by atoms with Crippen LogP contribution in [-0.4, -0.2) is 46.3 Å². The number of nitrogens with one attached hydrogen (secondary N) is 2. The monoisotopic (exact) mass is 447 g/mol. The van der Waals surface area contributed by atoms with Crippen molar-refractivity contribution in [2.24, 2.45) is 11.8 Å². The molecule has 3 aliphatic rings. The van der Waals surface area contributed by atoms with Crippen molar-refractivity contribution in [1.82, 2.24) is 10.2 Å². The highest BCUT2D eigenvalue weighted by Gasteiger charge is 2.70. The molecule has 2 fully saturated rings. The number of hydrogen-bond acceptors (Lipinski definition) is 5. The summed E-state index contributed by atoms with van der Waals surface area (Å²) in [6, 6.07) is 14.5. The summed E-state index contributed by atoms with van der Waals surface area (Å²) >= 11 is 0. The average Bonchev–Trinajstić information content (AvgIpc) is 3.37. The van der Waals surface area contributed by atoms with Crippen molar-refractivity contribution in [3.8, 4) is 0 Å². The molecular formula is C25H25N3O5. The normalized spacial score (nSPS) is 27.7. The van der Waals surface area contributed by atoms with E-state index in [0.717, 1.165) is 11.1 Å². The minimum atomic E-state index is -1.39. The van der Waals surface area contributed by atoms with Crippen LogP contribution in [0.15, 0.2) is 48.5 Å². The third-order valence-electron chi connectivity index (χ3n) is 7.10. The lowest BCUT2D eigenvalue weighted by Gasteiger charge is -2.29. The Kier molecular flexibility index (Phi) is 5.05. The van der Waals surface area contributed by atoms with E-state index in [9.17, 15) is 24.3 Å². The van der Waals surface area contributed by atoms with E-state index in [1.807, 2.05) is 49.4 Å². The highest BCUT2D eigenvalue weighted by atomic mass is 16.4. The number of fused-ring (bicyclic) bond motifs is 4. The van der Waals surface area contributed by atoms with Gasteiger partial charge in [0.1, 0.15) is 5.54 Å². The number of benzene rings is 2. The second-order valence-corrected chi connectivity index (χ2v) is 9.06. The Bertz CT molecular complexity index is 1160. The SMILES string of the molecule is Cc1ccc2c(c1)[C@]1(N[C@H](CCC(=O)O)[C@H]3C(=O)N(CCc4ccccc4)C(=O)[C@@H]31)C(=O)N2. The summed E-state index contributed by atoms with van der Waals surface area (Å²) < 4.78 is 0. The fourth-order valence-corrected chi connectivity index (χ4v) is 5.61. The van der Waals surface area contributed by atoms with Gasteiger partial charge in [0.05, 0.1) is 11.8 Å². The van der Waals surface area contributed by atoms with E-state index < -0.39 is 29.4 Å². The lowest BCUT2D eigenvalue weighted by atomic mass is 9.76. The smallest absolute Gasteiger partial charge is 0.303 e. The number of aliphatic carboxylic acids is 1. The maximum Gasteiger partial charge on any atom is 0.303 e. The molecule has 0 bridgehead atoms. The molecule has 1 spiro atoms. The van der Waals surface area contributed by atoms with Gasteiger partial charge in [-0.15, -0.1) is 0 Å². The molecule has 33 heavy (non-hydrogen) atoms. The molecule has 0 saturated carbocycles. The zero-order chi connectivity index (χ0) is 23.3. The van der Waals surface area contributed by atoms with Crippen molar-refractivity contribution in [2.75, 3.05) is 11.9 Å². The fraction of sp³-hybridized carbons (Fsp3) is 0.360. The van der Waals surface area contributed by atoms with E-state index in [1.165, 1.54) is 4.90 Å². The van der Waals surface area contributed by atoms with Crippen LogP contribution in [0.1, 0.15) is 29.5 Å². The molecule has 3 heterocycles. The summed E-state index contributed by atoms with van der Waals surface area (Å²) in [6.45, 7) is 2.12. The first kappa shape index (κ1) is 21.3. The summed E-state index contributed by atoms with van der Waals surface area (Å²) in [6.07, 6.45) is 0.503.